The largest absolute Gasteiger partial charge is 0.337 e. The van der Waals surface area contributed by atoms with Crippen LogP contribution in [0.1, 0.15) is 27.9 Å². The quantitative estimate of drug-likeness (QED) is 0.266. The van der Waals surface area contributed by atoms with Crippen LogP contribution in [0.5, 0.6) is 0 Å². The number of nitrogens with zero attached hydrogens (tertiary/aromatic N) is 5. The van der Waals surface area contributed by atoms with Crippen LogP contribution in [-0.2, 0) is 6.54 Å². The van der Waals surface area contributed by atoms with Crippen molar-refractivity contribution < 1.29 is 9.72 Å². The molecule has 2 aromatic heterocycles. The van der Waals surface area contributed by atoms with Gasteiger partial charge < -0.3 is 4.57 Å². The van der Waals surface area contributed by atoms with Gasteiger partial charge in [0.25, 0.3) is 11.6 Å². The lowest BCUT2D eigenvalue weighted by atomic mass is 10.1. The molecule has 0 bridgehead atoms. The minimum Gasteiger partial charge on any atom is -0.337 e. The van der Waals surface area contributed by atoms with Gasteiger partial charge in [-0.1, -0.05) is 29.0 Å². The van der Waals surface area contributed by atoms with Crippen LogP contribution in [0.2, 0.25) is 5.02 Å². The molecule has 0 spiro atoms. The van der Waals surface area contributed by atoms with E-state index in [1.807, 2.05) is 29.8 Å². The van der Waals surface area contributed by atoms with Crippen LogP contribution < -0.4 is 4.90 Å². The van der Waals surface area contributed by atoms with Crippen molar-refractivity contribution in [3.05, 3.63) is 80.9 Å². The lowest BCUT2D eigenvalue weighted by Crippen LogP contribution is -2.32. The first-order valence-corrected chi connectivity index (χ1v) is 11.1. The smallest absolute Gasteiger partial charge is 0.273 e. The molecule has 0 unspecified atom stereocenters. The Hall–Kier alpha value is -3.30. The number of aryl methyl sites for hydroxylation is 3. The summed E-state index contributed by atoms with van der Waals surface area (Å²) in [6.07, 6.45) is 5.94. The van der Waals surface area contributed by atoms with Crippen molar-refractivity contribution in [3.8, 4) is 0 Å². The van der Waals surface area contributed by atoms with Crippen molar-refractivity contribution in [1.82, 2.24) is 14.5 Å². The number of halogens is 1. The minimum absolute atomic E-state index is 0.0823. The summed E-state index contributed by atoms with van der Waals surface area (Å²) >= 11 is 7.64. The summed E-state index contributed by atoms with van der Waals surface area (Å²) in [5.74, 6) is -0.332. The molecule has 8 nitrogen and oxygen atoms in total. The van der Waals surface area contributed by atoms with Gasteiger partial charge >= 0.3 is 0 Å². The molecule has 0 fully saturated rings. The minimum atomic E-state index is -0.474. The van der Waals surface area contributed by atoms with E-state index in [0.29, 0.717) is 35.2 Å². The number of anilines is 1. The van der Waals surface area contributed by atoms with Crippen molar-refractivity contribution in [1.29, 1.82) is 0 Å². The van der Waals surface area contributed by atoms with Crippen LogP contribution in [0, 0.1) is 24.0 Å². The molecule has 4 rings (SSSR count). The molecule has 0 aliphatic carbocycles. The summed E-state index contributed by atoms with van der Waals surface area (Å²) < 4.78 is 2.85. The van der Waals surface area contributed by atoms with E-state index in [1.54, 1.807) is 36.5 Å². The Labute approximate surface area is 193 Å². The number of nitro benzene ring substituents is 1. The Bertz CT molecular complexity index is 1300. The highest BCUT2D eigenvalue weighted by Gasteiger charge is 2.24. The van der Waals surface area contributed by atoms with Gasteiger partial charge in [-0.05, 0) is 44.0 Å². The highest BCUT2D eigenvalue weighted by Crippen LogP contribution is 2.34. The molecule has 10 heteroatoms. The molecule has 1 amide bonds. The average molecular weight is 470 g/mol. The van der Waals surface area contributed by atoms with E-state index in [2.05, 4.69) is 4.98 Å². The Balaban J connectivity index is 1.70. The van der Waals surface area contributed by atoms with Crippen LogP contribution in [0.3, 0.4) is 0 Å². The first-order valence-electron chi connectivity index (χ1n) is 9.93. The lowest BCUT2D eigenvalue weighted by Gasteiger charge is -2.20. The molecule has 0 atom stereocenters. The summed E-state index contributed by atoms with van der Waals surface area (Å²) in [5, 5.41) is 12.5. The Morgan fingerprint density at radius 3 is 2.81 bits per heavy atom. The highest BCUT2D eigenvalue weighted by molar-refractivity contribution is 7.22. The third-order valence-electron chi connectivity index (χ3n) is 5.22. The van der Waals surface area contributed by atoms with Gasteiger partial charge in [-0.15, -0.1) is 0 Å². The van der Waals surface area contributed by atoms with Crippen molar-refractivity contribution in [2.45, 2.75) is 26.8 Å². The summed E-state index contributed by atoms with van der Waals surface area (Å²) in [4.78, 5) is 34.7. The molecule has 32 heavy (non-hydrogen) atoms. The van der Waals surface area contributed by atoms with Crippen molar-refractivity contribution >= 4 is 49.9 Å². The Morgan fingerprint density at radius 1 is 1.28 bits per heavy atom. The number of aromatic nitrogens is 3. The number of thiazole rings is 1. The van der Waals surface area contributed by atoms with Gasteiger partial charge in [-0.25, -0.2) is 9.97 Å². The van der Waals surface area contributed by atoms with Gasteiger partial charge in [0.1, 0.15) is 0 Å². The molecule has 0 N–H and O–H groups in total. The maximum Gasteiger partial charge on any atom is 0.273 e. The predicted molar refractivity (Wildman–Crippen MR) is 126 cm³/mol. The molecule has 2 heterocycles. The number of carbonyl (C=O) groups excluding carboxylic acids is 1. The predicted octanol–water partition coefficient (Wildman–Crippen LogP) is 5.41. The maximum atomic E-state index is 13.5. The van der Waals surface area contributed by atoms with Gasteiger partial charge in [-0.2, -0.15) is 0 Å². The first kappa shape index (κ1) is 21.9. The Morgan fingerprint density at radius 2 is 2.09 bits per heavy atom. The van der Waals surface area contributed by atoms with E-state index >= 15 is 0 Å². The second-order valence-electron chi connectivity index (χ2n) is 7.38. The van der Waals surface area contributed by atoms with Gasteiger partial charge in [0, 0.05) is 47.7 Å². The van der Waals surface area contributed by atoms with E-state index < -0.39 is 4.92 Å². The number of benzene rings is 2. The topological polar surface area (TPSA) is 94.2 Å². The number of hydrogen-bond donors (Lipinski definition) is 0. The molecular weight excluding hydrogens is 450 g/mol. The molecule has 4 aromatic rings. The lowest BCUT2D eigenvalue weighted by molar-refractivity contribution is -0.385. The highest BCUT2D eigenvalue weighted by atomic mass is 35.5. The normalized spacial score (nSPS) is 11.1. The van der Waals surface area contributed by atoms with Crippen molar-refractivity contribution in [2.24, 2.45) is 0 Å². The first-order chi connectivity index (χ1) is 15.3. The molecule has 0 saturated heterocycles. The fourth-order valence-electron chi connectivity index (χ4n) is 3.41. The van der Waals surface area contributed by atoms with Crippen LogP contribution in [0.25, 0.3) is 10.2 Å². The summed E-state index contributed by atoms with van der Waals surface area (Å²) in [5.41, 5.74) is 2.27. The molecule has 0 aliphatic rings. The van der Waals surface area contributed by atoms with E-state index in [4.69, 9.17) is 16.6 Å². The average Bonchev–Trinajstić information content (AvgIpc) is 3.44. The zero-order valence-corrected chi connectivity index (χ0v) is 19.1. The summed E-state index contributed by atoms with van der Waals surface area (Å²) in [6, 6.07) is 8.24. The number of hydrogen-bond acceptors (Lipinski definition) is 6. The second-order valence-corrected chi connectivity index (χ2v) is 8.80. The van der Waals surface area contributed by atoms with Crippen molar-refractivity contribution in [3.63, 3.8) is 0 Å². The Kier molecular flexibility index (Phi) is 6.20. The number of rotatable bonds is 7. The van der Waals surface area contributed by atoms with E-state index in [1.165, 1.54) is 17.4 Å². The van der Waals surface area contributed by atoms with Gasteiger partial charge in [-0.3, -0.25) is 19.8 Å². The fourth-order valence-corrected chi connectivity index (χ4v) is 4.62. The second kappa shape index (κ2) is 9.05. The molecule has 0 saturated carbocycles. The van der Waals surface area contributed by atoms with Crippen LogP contribution >= 0.6 is 22.9 Å². The third kappa shape index (κ3) is 4.35. The number of imidazole rings is 1. The monoisotopic (exact) mass is 469 g/mol. The van der Waals surface area contributed by atoms with Crippen LogP contribution in [0.15, 0.2) is 49.1 Å². The number of nitro groups is 1. The standard InChI is InChI=1S/C22H20ClN5O3S/c1-14-4-5-16(12-18(14)28(30)31)21(29)27(10-3-9-26-11-8-24-13-26)22-25-20-15(2)17(23)6-7-19(20)32-22/h4-8,11-13H,3,9-10H2,1-2H3. The van der Waals surface area contributed by atoms with Gasteiger partial charge in [0.15, 0.2) is 5.13 Å². The maximum absolute atomic E-state index is 13.5. The molecule has 164 valence electrons. The molecule has 2 aromatic carbocycles. The van der Waals surface area contributed by atoms with Crippen molar-refractivity contribution in [2.75, 3.05) is 11.4 Å². The zero-order chi connectivity index (χ0) is 22.8. The third-order valence-corrected chi connectivity index (χ3v) is 6.68. The summed E-state index contributed by atoms with van der Waals surface area (Å²) in [6.45, 7) is 4.61. The summed E-state index contributed by atoms with van der Waals surface area (Å²) in [7, 11) is 0. The number of fused-ring (bicyclic) bond motifs is 1. The van der Waals surface area contributed by atoms with Crippen LogP contribution in [-0.4, -0.2) is 31.9 Å². The van der Waals surface area contributed by atoms with E-state index in [-0.39, 0.29) is 17.2 Å². The van der Waals surface area contributed by atoms with Gasteiger partial charge in [0.05, 0.1) is 21.5 Å². The molecule has 0 aliphatic heterocycles. The SMILES string of the molecule is Cc1ccc(C(=O)N(CCCn2ccnc2)c2nc3c(C)c(Cl)ccc3s2)cc1[N+](=O)[O-]. The van der Waals surface area contributed by atoms with Crippen LogP contribution in [0.4, 0.5) is 10.8 Å². The molecule has 0 radical (unpaired) electrons. The number of amides is 1. The van der Waals surface area contributed by atoms with E-state index in [9.17, 15) is 14.9 Å². The molecular formula is C22H20ClN5O3S. The fraction of sp³-hybridized carbons (Fsp3) is 0.227. The van der Waals surface area contributed by atoms with E-state index in [0.717, 1.165) is 15.8 Å². The zero-order valence-electron chi connectivity index (χ0n) is 17.5. The number of carbonyl (C=O) groups is 1. The van der Waals surface area contributed by atoms with Gasteiger partial charge in [0.2, 0.25) is 0 Å².